The monoisotopic (exact) mass is 268 g/mol. The zero-order chi connectivity index (χ0) is 12.4. The second-order valence-corrected chi connectivity index (χ2v) is 5.17. The minimum absolute atomic E-state index is 0.281. The Morgan fingerprint density at radius 3 is 2.82 bits per heavy atom. The lowest BCUT2D eigenvalue weighted by atomic mass is 10.3. The van der Waals surface area contributed by atoms with Gasteiger partial charge in [0, 0.05) is 23.3 Å². The van der Waals surface area contributed by atoms with E-state index in [-0.39, 0.29) is 5.75 Å². The topological polar surface area (TPSA) is 38.0 Å². The van der Waals surface area contributed by atoms with Gasteiger partial charge in [-0.05, 0) is 25.1 Å². The van der Waals surface area contributed by atoms with Crippen LogP contribution in [0.4, 0.5) is 0 Å². The van der Waals surface area contributed by atoms with E-state index in [1.807, 2.05) is 26.1 Å². The Kier molecular flexibility index (Phi) is 3.64. The second-order valence-electron chi connectivity index (χ2n) is 3.76. The molecule has 0 radical (unpaired) electrons. The average Bonchev–Trinajstić information content (AvgIpc) is 2.51. The van der Waals surface area contributed by atoms with Crippen LogP contribution in [0.2, 0.25) is 5.15 Å². The number of phenolic OH excluding ortho intramolecular Hbond substituents is 1. The molecule has 1 aromatic heterocycles. The quantitative estimate of drug-likeness (QED) is 0.868. The van der Waals surface area contributed by atoms with Crippen molar-refractivity contribution < 1.29 is 5.11 Å². The Labute approximate surface area is 109 Å². The van der Waals surface area contributed by atoms with Gasteiger partial charge in [-0.1, -0.05) is 17.7 Å². The van der Waals surface area contributed by atoms with Crippen LogP contribution in [0.3, 0.4) is 0 Å². The number of aromatic nitrogens is 2. The number of nitrogens with zero attached hydrogens (tertiary/aromatic N) is 2. The van der Waals surface area contributed by atoms with E-state index in [9.17, 15) is 5.11 Å². The van der Waals surface area contributed by atoms with Crippen LogP contribution >= 0.6 is 23.4 Å². The Morgan fingerprint density at radius 1 is 1.47 bits per heavy atom. The minimum atomic E-state index is 0.281. The van der Waals surface area contributed by atoms with Crippen LogP contribution in [-0.4, -0.2) is 14.9 Å². The van der Waals surface area contributed by atoms with E-state index >= 15 is 0 Å². The Morgan fingerprint density at radius 2 is 2.24 bits per heavy atom. The first-order chi connectivity index (χ1) is 8.08. The van der Waals surface area contributed by atoms with Crippen molar-refractivity contribution in [3.63, 3.8) is 0 Å². The van der Waals surface area contributed by atoms with Crippen molar-refractivity contribution in [2.24, 2.45) is 7.05 Å². The van der Waals surface area contributed by atoms with Gasteiger partial charge >= 0.3 is 0 Å². The predicted octanol–water partition coefficient (Wildman–Crippen LogP) is 3.38. The Hall–Kier alpha value is -1.13. The first-order valence-electron chi connectivity index (χ1n) is 5.17. The summed E-state index contributed by atoms with van der Waals surface area (Å²) in [6.07, 6.45) is 0. The number of benzene rings is 1. The number of phenols is 1. The number of thioether (sulfide) groups is 1. The van der Waals surface area contributed by atoms with Crippen LogP contribution < -0.4 is 0 Å². The van der Waals surface area contributed by atoms with Crippen molar-refractivity contribution in [2.45, 2.75) is 17.6 Å². The van der Waals surface area contributed by atoms with Crippen molar-refractivity contribution in [3.05, 3.63) is 40.7 Å². The van der Waals surface area contributed by atoms with Crippen LogP contribution in [0.15, 0.2) is 29.2 Å². The summed E-state index contributed by atoms with van der Waals surface area (Å²) in [5.41, 5.74) is 1.99. The van der Waals surface area contributed by atoms with Crippen LogP contribution in [0.1, 0.15) is 11.3 Å². The van der Waals surface area contributed by atoms with E-state index in [1.165, 1.54) is 0 Å². The summed E-state index contributed by atoms with van der Waals surface area (Å²) >= 11 is 7.78. The highest BCUT2D eigenvalue weighted by Gasteiger charge is 2.11. The number of rotatable bonds is 3. The van der Waals surface area contributed by atoms with Crippen molar-refractivity contribution >= 4 is 23.4 Å². The van der Waals surface area contributed by atoms with Gasteiger partial charge < -0.3 is 5.11 Å². The molecule has 0 spiro atoms. The standard InChI is InChI=1S/C12H13ClN2OS/c1-8-11(12(13)15(2)14-8)7-17-10-5-3-4-9(16)6-10/h3-6,16H,7H2,1-2H3. The fourth-order valence-corrected chi connectivity index (χ4v) is 2.92. The molecule has 17 heavy (non-hydrogen) atoms. The molecule has 1 heterocycles. The molecule has 0 unspecified atom stereocenters. The molecule has 1 N–H and O–H groups in total. The van der Waals surface area contributed by atoms with Crippen molar-refractivity contribution in [1.82, 2.24) is 9.78 Å². The molecule has 0 saturated carbocycles. The lowest BCUT2D eigenvalue weighted by Crippen LogP contribution is -1.89. The van der Waals surface area contributed by atoms with Gasteiger partial charge in [-0.15, -0.1) is 11.8 Å². The largest absolute Gasteiger partial charge is 0.508 e. The summed E-state index contributed by atoms with van der Waals surface area (Å²) in [6.45, 7) is 1.95. The summed E-state index contributed by atoms with van der Waals surface area (Å²) in [7, 11) is 1.83. The zero-order valence-electron chi connectivity index (χ0n) is 9.64. The SMILES string of the molecule is Cc1nn(C)c(Cl)c1CSc1cccc(O)c1. The van der Waals surface area contributed by atoms with E-state index < -0.39 is 0 Å². The van der Waals surface area contributed by atoms with Gasteiger partial charge in [0.25, 0.3) is 0 Å². The minimum Gasteiger partial charge on any atom is -0.508 e. The molecule has 0 amide bonds. The number of hydrogen-bond donors (Lipinski definition) is 1. The van der Waals surface area contributed by atoms with Gasteiger partial charge in [0.15, 0.2) is 0 Å². The lowest BCUT2D eigenvalue weighted by Gasteiger charge is -2.02. The third-order valence-corrected chi connectivity index (χ3v) is 3.96. The summed E-state index contributed by atoms with van der Waals surface area (Å²) in [4.78, 5) is 1.02. The summed E-state index contributed by atoms with van der Waals surface area (Å²) in [5.74, 6) is 1.03. The molecule has 0 aliphatic rings. The third kappa shape index (κ3) is 2.76. The van der Waals surface area contributed by atoms with Crippen LogP contribution in [-0.2, 0) is 12.8 Å². The molecule has 0 saturated heterocycles. The first-order valence-corrected chi connectivity index (χ1v) is 6.54. The molecule has 90 valence electrons. The van der Waals surface area contributed by atoms with Gasteiger partial charge in [0.2, 0.25) is 0 Å². The number of hydrogen-bond acceptors (Lipinski definition) is 3. The van der Waals surface area contributed by atoms with E-state index in [0.29, 0.717) is 5.15 Å². The van der Waals surface area contributed by atoms with Gasteiger partial charge in [-0.25, -0.2) is 0 Å². The Bertz CT molecular complexity index is 539. The molecule has 0 aliphatic heterocycles. The molecular weight excluding hydrogens is 256 g/mol. The van der Waals surface area contributed by atoms with Crippen molar-refractivity contribution in [2.75, 3.05) is 0 Å². The number of aryl methyl sites for hydroxylation is 2. The molecule has 0 atom stereocenters. The molecule has 0 fully saturated rings. The molecular formula is C12H13ClN2OS. The van der Waals surface area contributed by atoms with E-state index in [2.05, 4.69) is 5.10 Å². The highest BCUT2D eigenvalue weighted by molar-refractivity contribution is 7.98. The van der Waals surface area contributed by atoms with Crippen LogP contribution in [0.25, 0.3) is 0 Å². The fourth-order valence-electron chi connectivity index (χ4n) is 1.57. The van der Waals surface area contributed by atoms with Crippen molar-refractivity contribution in [1.29, 1.82) is 0 Å². The average molecular weight is 269 g/mol. The third-order valence-electron chi connectivity index (χ3n) is 2.47. The molecule has 3 nitrogen and oxygen atoms in total. The normalized spacial score (nSPS) is 10.8. The lowest BCUT2D eigenvalue weighted by molar-refractivity contribution is 0.474. The number of halogens is 1. The molecule has 2 rings (SSSR count). The molecule has 5 heteroatoms. The van der Waals surface area contributed by atoms with Crippen molar-refractivity contribution in [3.8, 4) is 5.75 Å². The molecule has 2 aromatic rings. The number of aromatic hydroxyl groups is 1. The van der Waals surface area contributed by atoms with E-state index in [4.69, 9.17) is 11.6 Å². The molecule has 1 aromatic carbocycles. The zero-order valence-corrected chi connectivity index (χ0v) is 11.2. The Balaban J connectivity index is 2.12. The van der Waals surface area contributed by atoms with E-state index in [1.54, 1.807) is 28.6 Å². The first kappa shape index (κ1) is 12.3. The highest BCUT2D eigenvalue weighted by atomic mass is 35.5. The smallest absolute Gasteiger partial charge is 0.131 e. The van der Waals surface area contributed by atoms with Gasteiger partial charge in [-0.2, -0.15) is 5.10 Å². The van der Waals surface area contributed by atoms with E-state index in [0.717, 1.165) is 21.9 Å². The maximum Gasteiger partial charge on any atom is 0.131 e. The fraction of sp³-hybridized carbons (Fsp3) is 0.250. The van der Waals surface area contributed by atoms with Gasteiger partial charge in [-0.3, -0.25) is 4.68 Å². The van der Waals surface area contributed by atoms with Crippen LogP contribution in [0.5, 0.6) is 5.75 Å². The summed E-state index contributed by atoms with van der Waals surface area (Å²) < 4.78 is 1.68. The maximum atomic E-state index is 9.37. The second kappa shape index (κ2) is 5.02. The van der Waals surface area contributed by atoms with Crippen LogP contribution in [0, 0.1) is 6.92 Å². The molecule has 0 aliphatic carbocycles. The maximum absolute atomic E-state index is 9.37. The van der Waals surface area contributed by atoms with Gasteiger partial charge in [0.1, 0.15) is 10.9 Å². The summed E-state index contributed by atoms with van der Waals surface area (Å²) in [5, 5.41) is 14.3. The van der Waals surface area contributed by atoms with Gasteiger partial charge in [0.05, 0.1) is 5.69 Å². The predicted molar refractivity (Wildman–Crippen MR) is 70.6 cm³/mol. The summed E-state index contributed by atoms with van der Waals surface area (Å²) in [6, 6.07) is 7.19. The molecule has 0 bridgehead atoms. The highest BCUT2D eigenvalue weighted by Crippen LogP contribution is 2.29.